The van der Waals surface area contributed by atoms with Gasteiger partial charge in [0, 0.05) is 17.3 Å². The number of nitrogen functional groups attached to an aromatic ring is 1. The second-order valence-electron chi connectivity index (χ2n) is 5.97. The summed E-state index contributed by atoms with van der Waals surface area (Å²) in [6.45, 7) is 1.08. The fraction of sp³-hybridized carbons (Fsp3) is 0.600. The fourth-order valence-corrected chi connectivity index (χ4v) is 3.48. The summed E-state index contributed by atoms with van der Waals surface area (Å²) in [5.74, 6) is 0.798. The molecule has 3 N–H and O–H groups in total. The van der Waals surface area contributed by atoms with Crippen molar-refractivity contribution in [3.63, 3.8) is 0 Å². The lowest BCUT2D eigenvalue weighted by Crippen LogP contribution is -2.27. The number of fused-ring (bicyclic) bond motifs is 2. The maximum atomic E-state index is 6.32. The predicted octanol–water partition coefficient (Wildman–Crippen LogP) is 2.00. The monoisotopic (exact) mass is 271 g/mol. The fourth-order valence-electron chi connectivity index (χ4n) is 3.48. The lowest BCUT2D eigenvalue weighted by atomic mass is 9.96. The van der Waals surface area contributed by atoms with Crippen LogP contribution >= 0.6 is 0 Å². The van der Waals surface area contributed by atoms with E-state index in [-0.39, 0.29) is 0 Å². The summed E-state index contributed by atoms with van der Waals surface area (Å²) in [5.41, 5.74) is 10.7. The van der Waals surface area contributed by atoms with E-state index in [2.05, 4.69) is 11.4 Å². The zero-order chi connectivity index (χ0) is 13.5. The Kier molecular flexibility index (Phi) is 2.88. The van der Waals surface area contributed by atoms with Gasteiger partial charge in [-0.25, -0.2) is 4.98 Å². The molecule has 0 amide bonds. The van der Waals surface area contributed by atoms with Crippen molar-refractivity contribution < 1.29 is 0 Å². The zero-order valence-corrected chi connectivity index (χ0v) is 11.7. The minimum atomic E-state index is 0.363. The van der Waals surface area contributed by atoms with Crippen LogP contribution < -0.4 is 11.1 Å². The predicted molar refractivity (Wildman–Crippen MR) is 78.6 cm³/mol. The molecule has 1 aliphatic heterocycles. The zero-order valence-electron chi connectivity index (χ0n) is 11.7. The van der Waals surface area contributed by atoms with Crippen molar-refractivity contribution in [2.24, 2.45) is 0 Å². The highest BCUT2D eigenvalue weighted by molar-refractivity contribution is 5.54. The lowest BCUT2D eigenvalue weighted by molar-refractivity contribution is 0.404. The minimum Gasteiger partial charge on any atom is -0.383 e. The van der Waals surface area contributed by atoms with Crippen LogP contribution in [0.25, 0.3) is 5.65 Å². The van der Waals surface area contributed by atoms with Crippen molar-refractivity contribution in [1.29, 1.82) is 0 Å². The van der Waals surface area contributed by atoms with Crippen molar-refractivity contribution >= 4 is 11.5 Å². The molecule has 0 saturated carbocycles. The number of nitrogens with two attached hydrogens (primary N) is 1. The largest absolute Gasteiger partial charge is 0.383 e. The Morgan fingerprint density at radius 2 is 2.10 bits per heavy atom. The molecule has 106 valence electrons. The van der Waals surface area contributed by atoms with Gasteiger partial charge in [-0.2, -0.15) is 9.61 Å². The molecule has 0 spiro atoms. The van der Waals surface area contributed by atoms with Gasteiger partial charge in [0.25, 0.3) is 0 Å². The number of nitrogens with zero attached hydrogens (tertiary/aromatic N) is 3. The molecule has 0 radical (unpaired) electrons. The van der Waals surface area contributed by atoms with Crippen LogP contribution in [-0.2, 0) is 12.8 Å². The van der Waals surface area contributed by atoms with Crippen LogP contribution in [0.1, 0.15) is 55.1 Å². The van der Waals surface area contributed by atoms with Crippen LogP contribution in [0.15, 0.2) is 6.07 Å². The molecule has 1 saturated heterocycles. The average Bonchev–Trinajstić information content (AvgIpc) is 2.93. The Labute approximate surface area is 118 Å². The summed E-state index contributed by atoms with van der Waals surface area (Å²) >= 11 is 0. The van der Waals surface area contributed by atoms with Crippen LogP contribution in [0.5, 0.6) is 0 Å². The second-order valence-corrected chi connectivity index (χ2v) is 5.97. The Morgan fingerprint density at radius 1 is 1.20 bits per heavy atom. The van der Waals surface area contributed by atoms with Gasteiger partial charge in [0.2, 0.25) is 0 Å². The third kappa shape index (κ3) is 1.88. The summed E-state index contributed by atoms with van der Waals surface area (Å²) in [6, 6.07) is 2.47. The first-order chi connectivity index (χ1) is 9.83. The maximum Gasteiger partial charge on any atom is 0.157 e. The van der Waals surface area contributed by atoms with E-state index in [0.29, 0.717) is 6.04 Å². The average molecular weight is 271 g/mol. The van der Waals surface area contributed by atoms with Crippen molar-refractivity contribution in [3.05, 3.63) is 23.0 Å². The van der Waals surface area contributed by atoms with Gasteiger partial charge in [0.05, 0.1) is 11.7 Å². The Hall–Kier alpha value is -1.62. The quantitative estimate of drug-likeness (QED) is 0.832. The number of nitrogens with one attached hydrogen (secondary N) is 1. The van der Waals surface area contributed by atoms with Gasteiger partial charge in [-0.15, -0.1) is 0 Å². The Balaban J connectivity index is 1.80. The Morgan fingerprint density at radius 3 is 2.95 bits per heavy atom. The molecule has 3 heterocycles. The molecule has 1 fully saturated rings. The van der Waals surface area contributed by atoms with E-state index in [1.807, 2.05) is 4.52 Å². The van der Waals surface area contributed by atoms with E-state index < -0.39 is 0 Å². The van der Waals surface area contributed by atoms with E-state index in [1.165, 1.54) is 36.9 Å². The molecule has 5 nitrogen and oxygen atoms in total. The number of aryl methyl sites for hydroxylation is 1. The third-order valence-electron chi connectivity index (χ3n) is 4.60. The molecule has 0 aromatic carbocycles. The molecule has 20 heavy (non-hydrogen) atoms. The molecular weight excluding hydrogens is 250 g/mol. The molecule has 2 aromatic heterocycles. The van der Waals surface area contributed by atoms with Crippen LogP contribution in [0, 0.1) is 0 Å². The third-order valence-corrected chi connectivity index (χ3v) is 4.60. The molecule has 1 atom stereocenters. The van der Waals surface area contributed by atoms with Gasteiger partial charge < -0.3 is 11.1 Å². The van der Waals surface area contributed by atoms with Gasteiger partial charge in [0.1, 0.15) is 5.82 Å². The molecule has 0 bridgehead atoms. The van der Waals surface area contributed by atoms with Crippen molar-refractivity contribution in [3.8, 4) is 0 Å². The smallest absolute Gasteiger partial charge is 0.157 e. The van der Waals surface area contributed by atoms with Crippen molar-refractivity contribution in [2.45, 2.75) is 51.0 Å². The van der Waals surface area contributed by atoms with Crippen molar-refractivity contribution in [1.82, 2.24) is 19.9 Å². The second kappa shape index (κ2) is 4.74. The van der Waals surface area contributed by atoms with Gasteiger partial charge in [-0.1, -0.05) is 6.42 Å². The standard InChI is InChI=1S/C15H21N5/c16-15-10-5-1-2-6-11(10)18-14-9-13(19-20(14)15)12-7-3-4-8-17-12/h9,12,17H,1-8,16H2. The molecule has 4 rings (SSSR count). The minimum absolute atomic E-state index is 0.363. The summed E-state index contributed by atoms with van der Waals surface area (Å²) in [4.78, 5) is 4.78. The first kappa shape index (κ1) is 12.1. The molecule has 2 aliphatic rings. The number of piperidine rings is 1. The highest BCUT2D eigenvalue weighted by Gasteiger charge is 2.21. The van der Waals surface area contributed by atoms with E-state index in [9.17, 15) is 0 Å². The SMILES string of the molecule is Nc1c2c(nc3cc(C4CCCCN4)nn13)CCCC2. The van der Waals surface area contributed by atoms with Gasteiger partial charge in [0.15, 0.2) is 5.65 Å². The molecule has 1 unspecified atom stereocenters. The van der Waals surface area contributed by atoms with Gasteiger partial charge >= 0.3 is 0 Å². The van der Waals surface area contributed by atoms with Crippen molar-refractivity contribution in [2.75, 3.05) is 12.3 Å². The summed E-state index contributed by atoms with van der Waals surface area (Å²) in [6.07, 6.45) is 8.22. The molecule has 2 aromatic rings. The molecule has 1 aliphatic carbocycles. The van der Waals surface area contributed by atoms with E-state index in [1.54, 1.807) is 0 Å². The summed E-state index contributed by atoms with van der Waals surface area (Å²) in [5, 5.41) is 8.25. The lowest BCUT2D eigenvalue weighted by Gasteiger charge is -2.21. The number of hydrogen-bond acceptors (Lipinski definition) is 4. The van der Waals surface area contributed by atoms with Gasteiger partial charge in [-0.05, 0) is 45.1 Å². The van der Waals surface area contributed by atoms with Crippen LogP contribution in [0.3, 0.4) is 0 Å². The number of hydrogen-bond donors (Lipinski definition) is 2. The maximum absolute atomic E-state index is 6.32. The number of aromatic nitrogens is 3. The van der Waals surface area contributed by atoms with E-state index in [4.69, 9.17) is 15.8 Å². The summed E-state index contributed by atoms with van der Waals surface area (Å²) < 4.78 is 1.84. The first-order valence-electron chi connectivity index (χ1n) is 7.73. The molecule has 5 heteroatoms. The number of anilines is 1. The first-order valence-corrected chi connectivity index (χ1v) is 7.73. The van der Waals surface area contributed by atoms with Crippen LogP contribution in [-0.4, -0.2) is 21.1 Å². The van der Waals surface area contributed by atoms with Crippen LogP contribution in [0.2, 0.25) is 0 Å². The topological polar surface area (TPSA) is 68.2 Å². The van der Waals surface area contributed by atoms with Gasteiger partial charge in [-0.3, -0.25) is 0 Å². The van der Waals surface area contributed by atoms with E-state index >= 15 is 0 Å². The number of rotatable bonds is 1. The highest BCUT2D eigenvalue weighted by atomic mass is 15.3. The Bertz CT molecular complexity index is 639. The highest BCUT2D eigenvalue weighted by Crippen LogP contribution is 2.28. The van der Waals surface area contributed by atoms with E-state index in [0.717, 1.165) is 43.0 Å². The summed E-state index contributed by atoms with van der Waals surface area (Å²) in [7, 11) is 0. The normalized spacial score (nSPS) is 22.9. The van der Waals surface area contributed by atoms with Crippen LogP contribution in [0.4, 0.5) is 5.82 Å². The molecular formula is C15H21N5.